The van der Waals surface area contributed by atoms with Crippen molar-refractivity contribution in [1.29, 1.82) is 0 Å². The lowest BCUT2D eigenvalue weighted by atomic mass is 10.0. The maximum absolute atomic E-state index is 11.7. The number of benzene rings is 1. The van der Waals surface area contributed by atoms with Gasteiger partial charge in [-0.3, -0.25) is 14.9 Å². The molecule has 1 aliphatic rings. The van der Waals surface area contributed by atoms with Crippen LogP contribution in [-0.2, 0) is 4.79 Å². The van der Waals surface area contributed by atoms with Crippen LogP contribution in [0.1, 0.15) is 12.8 Å². The van der Waals surface area contributed by atoms with Crippen molar-refractivity contribution in [2.45, 2.75) is 12.8 Å². The molecular weight excluding hydrogens is 234 g/mol. The van der Waals surface area contributed by atoms with Crippen molar-refractivity contribution >= 4 is 17.3 Å². The molecule has 18 heavy (non-hydrogen) atoms. The van der Waals surface area contributed by atoms with Crippen LogP contribution in [0.3, 0.4) is 0 Å². The van der Waals surface area contributed by atoms with E-state index >= 15 is 0 Å². The molecule has 2 N–H and O–H groups in total. The molecule has 1 amide bonds. The molecule has 0 saturated carbocycles. The summed E-state index contributed by atoms with van der Waals surface area (Å²) in [6.07, 6.45) is 1.46. The summed E-state index contributed by atoms with van der Waals surface area (Å²) in [5.74, 6) is 0.271. The fourth-order valence-electron chi connectivity index (χ4n) is 2.06. The Kier molecular flexibility index (Phi) is 3.88. The number of hydrogen-bond acceptors (Lipinski definition) is 4. The summed E-state index contributed by atoms with van der Waals surface area (Å²) in [4.78, 5) is 21.9. The summed E-state index contributed by atoms with van der Waals surface area (Å²) in [5, 5.41) is 16.5. The number of carbonyl (C=O) groups is 1. The van der Waals surface area contributed by atoms with E-state index in [4.69, 9.17) is 0 Å². The second-order valence-electron chi connectivity index (χ2n) is 4.42. The van der Waals surface area contributed by atoms with Crippen LogP contribution >= 0.6 is 0 Å². The van der Waals surface area contributed by atoms with Crippen molar-refractivity contribution < 1.29 is 9.72 Å². The van der Waals surface area contributed by atoms with Crippen LogP contribution in [0.5, 0.6) is 0 Å². The smallest absolute Gasteiger partial charge is 0.271 e. The molecule has 96 valence electrons. The van der Waals surface area contributed by atoms with E-state index in [0.717, 1.165) is 19.5 Å². The average molecular weight is 249 g/mol. The zero-order valence-electron chi connectivity index (χ0n) is 9.89. The predicted octanol–water partition coefficient (Wildman–Crippen LogP) is 1.53. The number of nitro groups is 1. The molecule has 1 aliphatic heterocycles. The lowest BCUT2D eigenvalue weighted by molar-refractivity contribution is -0.384. The number of nitro benzene ring substituents is 1. The van der Waals surface area contributed by atoms with Crippen LogP contribution in [-0.4, -0.2) is 23.9 Å². The van der Waals surface area contributed by atoms with Gasteiger partial charge in [-0.25, -0.2) is 0 Å². The second-order valence-corrected chi connectivity index (χ2v) is 4.42. The van der Waals surface area contributed by atoms with Gasteiger partial charge in [-0.05, 0) is 31.5 Å². The molecule has 1 fully saturated rings. The van der Waals surface area contributed by atoms with Crippen LogP contribution in [0, 0.1) is 16.0 Å². The molecule has 6 heteroatoms. The lowest BCUT2D eigenvalue weighted by Crippen LogP contribution is -2.18. The molecule has 1 saturated heterocycles. The average Bonchev–Trinajstić information content (AvgIpc) is 2.82. The minimum absolute atomic E-state index is 0.0182. The number of rotatable bonds is 4. The quantitative estimate of drug-likeness (QED) is 0.626. The van der Waals surface area contributed by atoms with E-state index in [0.29, 0.717) is 18.0 Å². The zero-order valence-corrected chi connectivity index (χ0v) is 9.89. The van der Waals surface area contributed by atoms with Gasteiger partial charge in [0.15, 0.2) is 0 Å². The van der Waals surface area contributed by atoms with E-state index < -0.39 is 4.92 Å². The highest BCUT2D eigenvalue weighted by Gasteiger charge is 2.18. The van der Waals surface area contributed by atoms with Crippen LogP contribution in [0.25, 0.3) is 0 Å². The molecule has 0 aromatic heterocycles. The fraction of sp³-hybridized carbons (Fsp3) is 0.417. The molecule has 0 bridgehead atoms. The SMILES string of the molecule is O=C(CC1CCNC1)Nc1cccc([N+](=O)[O-])c1. The van der Waals surface area contributed by atoms with Gasteiger partial charge in [-0.15, -0.1) is 0 Å². The first-order chi connectivity index (χ1) is 8.65. The monoisotopic (exact) mass is 249 g/mol. The molecule has 0 radical (unpaired) electrons. The van der Waals surface area contributed by atoms with Gasteiger partial charge in [-0.2, -0.15) is 0 Å². The Morgan fingerprint density at radius 2 is 2.39 bits per heavy atom. The van der Waals surface area contributed by atoms with Gasteiger partial charge in [0.2, 0.25) is 5.91 Å². The minimum atomic E-state index is -0.476. The highest BCUT2D eigenvalue weighted by atomic mass is 16.6. The van der Waals surface area contributed by atoms with E-state index in [1.807, 2.05) is 0 Å². The summed E-state index contributed by atoms with van der Waals surface area (Å²) in [7, 11) is 0. The lowest BCUT2D eigenvalue weighted by Gasteiger charge is -2.08. The predicted molar refractivity (Wildman–Crippen MR) is 67.3 cm³/mol. The maximum atomic E-state index is 11.7. The molecule has 1 aromatic carbocycles. The molecule has 6 nitrogen and oxygen atoms in total. The largest absolute Gasteiger partial charge is 0.326 e. The van der Waals surface area contributed by atoms with Gasteiger partial charge in [0.25, 0.3) is 5.69 Å². The zero-order chi connectivity index (χ0) is 13.0. The number of nitrogens with zero attached hydrogens (tertiary/aromatic N) is 1. The molecule has 1 heterocycles. The Labute approximate surface area is 105 Å². The van der Waals surface area contributed by atoms with Crippen LogP contribution in [0.2, 0.25) is 0 Å². The number of anilines is 1. The number of carbonyl (C=O) groups excluding carboxylic acids is 1. The van der Waals surface area contributed by atoms with Crippen molar-refractivity contribution in [1.82, 2.24) is 5.32 Å². The maximum Gasteiger partial charge on any atom is 0.271 e. The van der Waals surface area contributed by atoms with Gasteiger partial charge >= 0.3 is 0 Å². The van der Waals surface area contributed by atoms with E-state index in [1.54, 1.807) is 12.1 Å². The van der Waals surface area contributed by atoms with Crippen molar-refractivity contribution in [2.75, 3.05) is 18.4 Å². The number of nitrogens with one attached hydrogen (secondary N) is 2. The molecule has 2 rings (SSSR count). The van der Waals surface area contributed by atoms with Crippen LogP contribution < -0.4 is 10.6 Å². The first kappa shape index (κ1) is 12.5. The van der Waals surface area contributed by atoms with Crippen molar-refractivity contribution in [2.24, 2.45) is 5.92 Å². The van der Waals surface area contributed by atoms with E-state index in [1.165, 1.54) is 12.1 Å². The summed E-state index contributed by atoms with van der Waals surface area (Å²) < 4.78 is 0. The van der Waals surface area contributed by atoms with Gasteiger partial charge in [0.05, 0.1) is 4.92 Å². The molecule has 1 unspecified atom stereocenters. The fourth-order valence-corrected chi connectivity index (χ4v) is 2.06. The molecular formula is C12H15N3O3. The van der Waals surface area contributed by atoms with E-state index in [-0.39, 0.29) is 11.6 Å². The first-order valence-electron chi connectivity index (χ1n) is 5.90. The Morgan fingerprint density at radius 3 is 3.06 bits per heavy atom. The molecule has 1 atom stereocenters. The normalized spacial score (nSPS) is 18.6. The topological polar surface area (TPSA) is 84.3 Å². The Morgan fingerprint density at radius 1 is 1.56 bits per heavy atom. The van der Waals surface area contributed by atoms with E-state index in [2.05, 4.69) is 10.6 Å². The standard InChI is InChI=1S/C12H15N3O3/c16-12(6-9-4-5-13-8-9)14-10-2-1-3-11(7-10)15(17)18/h1-3,7,9,13H,4-6,8H2,(H,14,16). The number of amides is 1. The summed E-state index contributed by atoms with van der Waals surface area (Å²) in [5.41, 5.74) is 0.454. The second kappa shape index (κ2) is 5.59. The van der Waals surface area contributed by atoms with Crippen molar-refractivity contribution in [3.05, 3.63) is 34.4 Å². The van der Waals surface area contributed by atoms with Crippen molar-refractivity contribution in [3.63, 3.8) is 0 Å². The number of hydrogen-bond donors (Lipinski definition) is 2. The molecule has 0 aliphatic carbocycles. The third-order valence-electron chi connectivity index (χ3n) is 2.98. The van der Waals surface area contributed by atoms with Crippen molar-refractivity contribution in [3.8, 4) is 0 Å². The number of non-ortho nitro benzene ring substituents is 1. The van der Waals surface area contributed by atoms with Gasteiger partial charge < -0.3 is 10.6 Å². The third-order valence-corrected chi connectivity index (χ3v) is 2.98. The van der Waals surface area contributed by atoms with Gasteiger partial charge in [0.1, 0.15) is 0 Å². The highest BCUT2D eigenvalue weighted by molar-refractivity contribution is 5.91. The third kappa shape index (κ3) is 3.27. The highest BCUT2D eigenvalue weighted by Crippen LogP contribution is 2.18. The van der Waals surface area contributed by atoms with Crippen LogP contribution in [0.4, 0.5) is 11.4 Å². The first-order valence-corrected chi connectivity index (χ1v) is 5.90. The molecule has 1 aromatic rings. The summed E-state index contributed by atoms with van der Waals surface area (Å²) in [6, 6.07) is 5.98. The molecule has 0 spiro atoms. The van der Waals surface area contributed by atoms with E-state index in [9.17, 15) is 14.9 Å². The minimum Gasteiger partial charge on any atom is -0.326 e. The van der Waals surface area contributed by atoms with Crippen LogP contribution in [0.15, 0.2) is 24.3 Å². The summed E-state index contributed by atoms with van der Waals surface area (Å²) >= 11 is 0. The summed E-state index contributed by atoms with van der Waals surface area (Å²) in [6.45, 7) is 1.82. The van der Waals surface area contributed by atoms with Gasteiger partial charge in [-0.1, -0.05) is 6.07 Å². The Balaban J connectivity index is 1.93. The Hall–Kier alpha value is -1.95. The van der Waals surface area contributed by atoms with Gasteiger partial charge in [0, 0.05) is 24.2 Å². The Bertz CT molecular complexity index is 456.